The second-order valence-electron chi connectivity index (χ2n) is 5.11. The van der Waals surface area contributed by atoms with E-state index in [9.17, 15) is 9.18 Å². The van der Waals surface area contributed by atoms with Gasteiger partial charge in [-0.3, -0.25) is 0 Å². The van der Waals surface area contributed by atoms with Crippen LogP contribution in [0.3, 0.4) is 0 Å². The quantitative estimate of drug-likeness (QED) is 0.754. The van der Waals surface area contributed by atoms with Gasteiger partial charge in [0.15, 0.2) is 0 Å². The Labute approximate surface area is 137 Å². The van der Waals surface area contributed by atoms with E-state index in [0.29, 0.717) is 11.3 Å². The number of aryl methyl sites for hydroxylation is 2. The van der Waals surface area contributed by atoms with Gasteiger partial charge in [0, 0.05) is 17.4 Å². The van der Waals surface area contributed by atoms with Gasteiger partial charge >= 0.3 is 5.97 Å². The van der Waals surface area contributed by atoms with E-state index in [2.05, 4.69) is 4.98 Å². The fraction of sp³-hybridized carbons (Fsp3) is 0.111. The molecule has 1 aromatic heterocycles. The highest BCUT2D eigenvalue weighted by Gasteiger charge is 2.09. The second-order valence-corrected chi connectivity index (χ2v) is 6.05. The van der Waals surface area contributed by atoms with Crippen molar-refractivity contribution in [2.24, 2.45) is 0 Å². The number of carboxylic acids is 1. The second kappa shape index (κ2) is 6.71. The van der Waals surface area contributed by atoms with Crippen molar-refractivity contribution in [1.82, 2.24) is 4.98 Å². The van der Waals surface area contributed by atoms with Gasteiger partial charge < -0.3 is 5.11 Å². The summed E-state index contributed by atoms with van der Waals surface area (Å²) in [6.07, 6.45) is 1.51. The highest BCUT2D eigenvalue weighted by Crippen LogP contribution is 2.25. The molecule has 0 aliphatic rings. The molecule has 5 heteroatoms. The highest BCUT2D eigenvalue weighted by atomic mass is 32.1. The first-order valence-corrected chi connectivity index (χ1v) is 8.03. The maximum absolute atomic E-state index is 13.8. The number of carbonyl (C=O) groups is 1. The Morgan fingerprint density at radius 1 is 1.09 bits per heavy atom. The largest absolute Gasteiger partial charge is 0.478 e. The molecule has 0 unspecified atom stereocenters. The number of nitrogens with zero attached hydrogens (tertiary/aromatic N) is 1. The van der Waals surface area contributed by atoms with Gasteiger partial charge in [0.05, 0.1) is 16.3 Å². The van der Waals surface area contributed by atoms with E-state index in [1.165, 1.54) is 17.4 Å². The Morgan fingerprint density at radius 3 is 2.52 bits per heavy atom. The maximum Gasteiger partial charge on any atom is 0.335 e. The van der Waals surface area contributed by atoms with Crippen LogP contribution in [0.4, 0.5) is 4.39 Å². The van der Waals surface area contributed by atoms with Gasteiger partial charge in [-0.1, -0.05) is 24.3 Å². The van der Waals surface area contributed by atoms with Crippen LogP contribution in [0.25, 0.3) is 11.3 Å². The summed E-state index contributed by atoms with van der Waals surface area (Å²) in [5.41, 5.74) is 2.51. The molecule has 2 aromatic carbocycles. The average Bonchev–Trinajstić information content (AvgIpc) is 3.02. The Bertz CT molecular complexity index is 827. The summed E-state index contributed by atoms with van der Waals surface area (Å²) >= 11 is 1.51. The lowest BCUT2D eigenvalue weighted by Gasteiger charge is -2.01. The van der Waals surface area contributed by atoms with E-state index in [1.807, 2.05) is 17.5 Å². The molecule has 3 aromatic rings. The van der Waals surface area contributed by atoms with Crippen LogP contribution in [0.5, 0.6) is 0 Å². The number of halogens is 1. The van der Waals surface area contributed by atoms with Gasteiger partial charge in [0.1, 0.15) is 5.82 Å². The summed E-state index contributed by atoms with van der Waals surface area (Å²) in [7, 11) is 0. The molecule has 0 amide bonds. The molecule has 0 aliphatic carbocycles. The van der Waals surface area contributed by atoms with Gasteiger partial charge in [-0.2, -0.15) is 0 Å². The first-order chi connectivity index (χ1) is 11.1. The van der Waals surface area contributed by atoms with Gasteiger partial charge in [-0.05, 0) is 36.2 Å². The van der Waals surface area contributed by atoms with Crippen molar-refractivity contribution in [1.29, 1.82) is 0 Å². The molecular formula is C18H14FNO2S. The number of aromatic carboxylic acids is 1. The third-order valence-electron chi connectivity index (χ3n) is 3.53. The molecule has 3 rings (SSSR count). The maximum atomic E-state index is 13.8. The molecule has 3 nitrogen and oxygen atoms in total. The van der Waals surface area contributed by atoms with Gasteiger partial charge in [0.25, 0.3) is 0 Å². The van der Waals surface area contributed by atoms with Crippen molar-refractivity contribution in [2.45, 2.75) is 12.8 Å². The van der Waals surface area contributed by atoms with E-state index < -0.39 is 5.97 Å². The lowest BCUT2D eigenvalue weighted by molar-refractivity contribution is 0.0697. The molecule has 1 N–H and O–H groups in total. The van der Waals surface area contributed by atoms with Crippen molar-refractivity contribution in [3.8, 4) is 11.3 Å². The fourth-order valence-electron chi connectivity index (χ4n) is 2.28. The number of thiazole rings is 1. The molecule has 0 spiro atoms. The zero-order valence-corrected chi connectivity index (χ0v) is 13.0. The molecule has 0 saturated carbocycles. The third kappa shape index (κ3) is 3.63. The van der Waals surface area contributed by atoms with Crippen LogP contribution in [-0.4, -0.2) is 16.1 Å². The predicted octanol–water partition coefficient (Wildman–Crippen LogP) is 4.43. The van der Waals surface area contributed by atoms with Crippen LogP contribution in [0.2, 0.25) is 0 Å². The van der Waals surface area contributed by atoms with Crippen LogP contribution < -0.4 is 0 Å². The number of hydrogen-bond acceptors (Lipinski definition) is 3. The molecule has 0 radical (unpaired) electrons. The van der Waals surface area contributed by atoms with Gasteiger partial charge in [-0.15, -0.1) is 11.3 Å². The number of hydrogen-bond donors (Lipinski definition) is 1. The van der Waals surface area contributed by atoms with E-state index in [-0.39, 0.29) is 11.4 Å². The highest BCUT2D eigenvalue weighted by molar-refractivity contribution is 7.09. The summed E-state index contributed by atoms with van der Waals surface area (Å²) < 4.78 is 13.8. The van der Waals surface area contributed by atoms with Gasteiger partial charge in [-0.25, -0.2) is 14.2 Å². The van der Waals surface area contributed by atoms with Crippen molar-refractivity contribution in [3.63, 3.8) is 0 Å². The Balaban J connectivity index is 1.68. The van der Waals surface area contributed by atoms with Crippen LogP contribution in [0, 0.1) is 5.82 Å². The summed E-state index contributed by atoms with van der Waals surface area (Å²) in [5, 5.41) is 11.7. The topological polar surface area (TPSA) is 50.2 Å². The minimum absolute atomic E-state index is 0.270. The van der Waals surface area contributed by atoms with Crippen LogP contribution in [0.15, 0.2) is 53.9 Å². The molecule has 0 aliphatic heterocycles. The summed E-state index contributed by atoms with van der Waals surface area (Å²) in [5.74, 6) is -1.19. The molecule has 116 valence electrons. The molecule has 0 bridgehead atoms. The normalized spacial score (nSPS) is 10.7. The zero-order chi connectivity index (χ0) is 16.2. The molecule has 1 heterocycles. The van der Waals surface area contributed by atoms with Crippen molar-refractivity contribution >= 4 is 17.3 Å². The number of rotatable bonds is 5. The summed E-state index contributed by atoms with van der Waals surface area (Å²) in [6, 6.07) is 13.4. The van der Waals surface area contributed by atoms with Crippen molar-refractivity contribution in [2.75, 3.05) is 0 Å². The average molecular weight is 327 g/mol. The Hall–Kier alpha value is -2.53. The molecule has 0 saturated heterocycles. The molecule has 0 fully saturated rings. The van der Waals surface area contributed by atoms with Crippen molar-refractivity contribution < 1.29 is 14.3 Å². The smallest absolute Gasteiger partial charge is 0.335 e. The number of aromatic nitrogens is 1. The van der Waals surface area contributed by atoms with Crippen LogP contribution in [0.1, 0.15) is 20.9 Å². The van der Waals surface area contributed by atoms with E-state index in [4.69, 9.17) is 5.11 Å². The van der Waals surface area contributed by atoms with Crippen LogP contribution >= 0.6 is 11.3 Å². The third-order valence-corrected chi connectivity index (χ3v) is 4.44. The molecule has 23 heavy (non-hydrogen) atoms. The minimum atomic E-state index is -0.925. The number of benzene rings is 2. The van der Waals surface area contributed by atoms with Gasteiger partial charge in [0.2, 0.25) is 0 Å². The minimum Gasteiger partial charge on any atom is -0.478 e. The lowest BCUT2D eigenvalue weighted by Crippen LogP contribution is -1.97. The molecular weight excluding hydrogens is 313 g/mol. The zero-order valence-electron chi connectivity index (χ0n) is 12.2. The SMILES string of the molecule is O=C(O)c1ccc(CCc2nc(-c3ccccc3F)cs2)cc1. The molecule has 0 atom stereocenters. The first kappa shape index (κ1) is 15.4. The lowest BCUT2D eigenvalue weighted by atomic mass is 10.1. The monoisotopic (exact) mass is 327 g/mol. The van der Waals surface area contributed by atoms with E-state index in [0.717, 1.165) is 23.4 Å². The van der Waals surface area contributed by atoms with Crippen molar-refractivity contribution in [3.05, 3.63) is 75.9 Å². The van der Waals surface area contributed by atoms with E-state index in [1.54, 1.807) is 30.3 Å². The van der Waals surface area contributed by atoms with Crippen LogP contribution in [-0.2, 0) is 12.8 Å². The number of carboxylic acid groups (broad SMARTS) is 1. The van der Waals surface area contributed by atoms with E-state index >= 15 is 0 Å². The predicted molar refractivity (Wildman–Crippen MR) is 88.3 cm³/mol. The summed E-state index contributed by atoms with van der Waals surface area (Å²) in [6.45, 7) is 0. The fourth-order valence-corrected chi connectivity index (χ4v) is 3.08. The first-order valence-electron chi connectivity index (χ1n) is 7.15. The Morgan fingerprint density at radius 2 is 1.83 bits per heavy atom. The Kier molecular flexibility index (Phi) is 4.48. The standard InChI is InChI=1S/C18H14FNO2S/c19-15-4-2-1-3-14(15)16-11-23-17(20-16)10-7-12-5-8-13(9-6-12)18(21)22/h1-6,8-9,11H,7,10H2,(H,21,22). The summed E-state index contributed by atoms with van der Waals surface area (Å²) in [4.78, 5) is 15.3.